The molecule has 0 fully saturated rings. The van der Waals surface area contributed by atoms with E-state index in [1.807, 2.05) is 41.8 Å². The summed E-state index contributed by atoms with van der Waals surface area (Å²) < 4.78 is 10.3. The lowest BCUT2D eigenvalue weighted by Gasteiger charge is -2.04. The Labute approximate surface area is 140 Å². The Morgan fingerprint density at radius 3 is 3.04 bits per heavy atom. The van der Waals surface area contributed by atoms with Gasteiger partial charge >= 0.3 is 5.76 Å². The Bertz CT molecular complexity index is 1060. The molecule has 24 heavy (non-hydrogen) atoms. The van der Waals surface area contributed by atoms with Crippen LogP contribution in [0.25, 0.3) is 22.4 Å². The van der Waals surface area contributed by atoms with Gasteiger partial charge in [0.05, 0.1) is 18.3 Å². The molecule has 0 unspecified atom stereocenters. The number of nitrogens with zero attached hydrogens (tertiary/aromatic N) is 1. The van der Waals surface area contributed by atoms with Gasteiger partial charge < -0.3 is 14.5 Å². The van der Waals surface area contributed by atoms with Crippen LogP contribution in [0.4, 0.5) is 10.8 Å². The van der Waals surface area contributed by atoms with Gasteiger partial charge in [0.25, 0.3) is 0 Å². The van der Waals surface area contributed by atoms with Crippen molar-refractivity contribution in [2.24, 2.45) is 0 Å². The zero-order valence-electron chi connectivity index (χ0n) is 12.7. The van der Waals surface area contributed by atoms with E-state index in [1.54, 1.807) is 13.2 Å². The normalized spacial score (nSPS) is 10.9. The van der Waals surface area contributed by atoms with Gasteiger partial charge in [0.15, 0.2) is 10.7 Å². The van der Waals surface area contributed by atoms with Gasteiger partial charge in [0, 0.05) is 22.7 Å². The number of aromatic nitrogens is 2. The Balaban J connectivity index is 1.62. The lowest BCUT2D eigenvalue weighted by atomic mass is 10.1. The van der Waals surface area contributed by atoms with E-state index in [1.165, 1.54) is 11.3 Å². The predicted octanol–water partition coefficient (Wildman–Crippen LogP) is 4.00. The number of fused-ring (bicyclic) bond motifs is 1. The average molecular weight is 339 g/mol. The highest BCUT2D eigenvalue weighted by atomic mass is 32.1. The molecule has 2 N–H and O–H groups in total. The number of methoxy groups -OCH3 is 1. The molecule has 2 aromatic heterocycles. The molecule has 7 heteroatoms. The molecule has 4 aromatic rings. The van der Waals surface area contributed by atoms with E-state index in [9.17, 15) is 4.79 Å². The summed E-state index contributed by atoms with van der Waals surface area (Å²) in [6, 6.07) is 13.2. The van der Waals surface area contributed by atoms with Gasteiger partial charge in [0.2, 0.25) is 0 Å². The largest absolute Gasteiger partial charge is 0.497 e. The third-order valence-corrected chi connectivity index (χ3v) is 4.30. The van der Waals surface area contributed by atoms with Crippen molar-refractivity contribution >= 4 is 33.3 Å². The van der Waals surface area contributed by atoms with Crippen molar-refractivity contribution in [1.82, 2.24) is 9.97 Å². The number of thiazole rings is 1. The fourth-order valence-electron chi connectivity index (χ4n) is 2.39. The molecule has 0 saturated carbocycles. The van der Waals surface area contributed by atoms with Crippen LogP contribution in [-0.2, 0) is 0 Å². The van der Waals surface area contributed by atoms with Crippen LogP contribution in [0.3, 0.4) is 0 Å². The Kier molecular flexibility index (Phi) is 3.55. The summed E-state index contributed by atoms with van der Waals surface area (Å²) in [5.41, 5.74) is 3.81. The van der Waals surface area contributed by atoms with E-state index < -0.39 is 5.76 Å². The number of benzene rings is 2. The number of nitrogens with one attached hydrogen (secondary N) is 2. The Morgan fingerprint density at radius 1 is 1.25 bits per heavy atom. The molecule has 0 bridgehead atoms. The molecular formula is C17H13N3O3S. The highest BCUT2D eigenvalue weighted by Crippen LogP contribution is 2.29. The van der Waals surface area contributed by atoms with Gasteiger partial charge in [-0.3, -0.25) is 4.98 Å². The van der Waals surface area contributed by atoms with Crippen molar-refractivity contribution in [3.63, 3.8) is 0 Å². The molecule has 0 spiro atoms. The molecule has 0 aliphatic rings. The highest BCUT2D eigenvalue weighted by Gasteiger charge is 2.08. The first-order valence-corrected chi connectivity index (χ1v) is 8.09. The van der Waals surface area contributed by atoms with Crippen LogP contribution in [0, 0.1) is 0 Å². The number of hydrogen-bond acceptors (Lipinski definition) is 6. The number of anilines is 2. The van der Waals surface area contributed by atoms with Crippen molar-refractivity contribution in [3.8, 4) is 17.0 Å². The molecule has 0 radical (unpaired) electrons. The van der Waals surface area contributed by atoms with E-state index in [0.29, 0.717) is 11.1 Å². The maximum atomic E-state index is 11.2. The standard InChI is InChI=1S/C17H13N3O3S/c1-22-12-4-2-3-11(8-12)18-16-19-14(9-24-16)10-5-6-13-15(7-10)23-17(21)20-13/h2-9H,1H3,(H,18,19)(H,20,21). The minimum absolute atomic E-state index is 0.458. The Morgan fingerprint density at radius 2 is 2.17 bits per heavy atom. The monoisotopic (exact) mass is 339 g/mol. The summed E-state index contributed by atoms with van der Waals surface area (Å²) in [5, 5.41) is 5.98. The summed E-state index contributed by atoms with van der Waals surface area (Å²) in [4.78, 5) is 18.4. The van der Waals surface area contributed by atoms with E-state index in [-0.39, 0.29) is 0 Å². The topological polar surface area (TPSA) is 80.1 Å². The SMILES string of the molecule is COc1cccc(Nc2nc(-c3ccc4[nH]c(=O)oc4c3)cs2)c1. The first-order valence-electron chi connectivity index (χ1n) is 7.21. The predicted molar refractivity (Wildman–Crippen MR) is 94.2 cm³/mol. The van der Waals surface area contributed by atoms with Crippen molar-refractivity contribution in [1.29, 1.82) is 0 Å². The average Bonchev–Trinajstić information content (AvgIpc) is 3.19. The number of rotatable bonds is 4. The van der Waals surface area contributed by atoms with Crippen LogP contribution in [0.2, 0.25) is 0 Å². The third kappa shape index (κ3) is 2.77. The van der Waals surface area contributed by atoms with Crippen LogP contribution in [-0.4, -0.2) is 17.1 Å². The molecular weight excluding hydrogens is 326 g/mol. The second kappa shape index (κ2) is 5.86. The highest BCUT2D eigenvalue weighted by molar-refractivity contribution is 7.14. The third-order valence-electron chi connectivity index (χ3n) is 3.54. The van der Waals surface area contributed by atoms with Crippen molar-refractivity contribution in [3.05, 3.63) is 58.4 Å². The van der Waals surface area contributed by atoms with Gasteiger partial charge in [-0.15, -0.1) is 11.3 Å². The number of oxazole rings is 1. The summed E-state index contributed by atoms with van der Waals surface area (Å²) in [6.07, 6.45) is 0. The van der Waals surface area contributed by atoms with Crippen LogP contribution >= 0.6 is 11.3 Å². The van der Waals surface area contributed by atoms with Crippen molar-refractivity contribution < 1.29 is 9.15 Å². The van der Waals surface area contributed by atoms with E-state index in [0.717, 1.165) is 27.8 Å². The van der Waals surface area contributed by atoms with Crippen LogP contribution < -0.4 is 15.8 Å². The molecule has 0 saturated heterocycles. The summed E-state index contributed by atoms with van der Waals surface area (Å²) >= 11 is 1.50. The first-order chi connectivity index (χ1) is 11.7. The van der Waals surface area contributed by atoms with Gasteiger partial charge in [-0.2, -0.15) is 0 Å². The minimum Gasteiger partial charge on any atom is -0.497 e. The van der Waals surface area contributed by atoms with Gasteiger partial charge in [0.1, 0.15) is 5.75 Å². The zero-order chi connectivity index (χ0) is 16.5. The number of ether oxygens (including phenoxy) is 1. The summed E-state index contributed by atoms with van der Waals surface area (Å²) in [6.45, 7) is 0. The Hall–Kier alpha value is -3.06. The quantitative estimate of drug-likeness (QED) is 0.587. The first kappa shape index (κ1) is 14.5. The van der Waals surface area contributed by atoms with Crippen LogP contribution in [0.1, 0.15) is 0 Å². The molecule has 0 amide bonds. The second-order valence-corrected chi connectivity index (χ2v) is 5.98. The van der Waals surface area contributed by atoms with Crippen LogP contribution in [0.5, 0.6) is 5.75 Å². The molecule has 4 rings (SSSR count). The number of aromatic amines is 1. The maximum absolute atomic E-state index is 11.2. The molecule has 6 nitrogen and oxygen atoms in total. The van der Waals surface area contributed by atoms with Crippen molar-refractivity contribution in [2.45, 2.75) is 0 Å². The second-order valence-electron chi connectivity index (χ2n) is 5.12. The molecule has 120 valence electrons. The van der Waals surface area contributed by atoms with Crippen molar-refractivity contribution in [2.75, 3.05) is 12.4 Å². The maximum Gasteiger partial charge on any atom is 0.417 e. The lowest BCUT2D eigenvalue weighted by molar-refractivity contribution is 0.415. The molecule has 0 aliphatic heterocycles. The summed E-state index contributed by atoms with van der Waals surface area (Å²) in [7, 11) is 1.64. The smallest absolute Gasteiger partial charge is 0.417 e. The van der Waals surface area contributed by atoms with E-state index in [4.69, 9.17) is 9.15 Å². The molecule has 0 aliphatic carbocycles. The zero-order valence-corrected chi connectivity index (χ0v) is 13.5. The van der Waals surface area contributed by atoms with Gasteiger partial charge in [-0.1, -0.05) is 12.1 Å². The fourth-order valence-corrected chi connectivity index (χ4v) is 3.13. The summed E-state index contributed by atoms with van der Waals surface area (Å²) in [5.74, 6) is 0.325. The molecule has 0 atom stereocenters. The fraction of sp³-hybridized carbons (Fsp3) is 0.0588. The van der Waals surface area contributed by atoms with E-state index >= 15 is 0 Å². The van der Waals surface area contributed by atoms with Gasteiger partial charge in [-0.05, 0) is 24.3 Å². The lowest BCUT2D eigenvalue weighted by Crippen LogP contribution is -1.92. The minimum atomic E-state index is -0.458. The number of H-pyrrole nitrogens is 1. The molecule has 2 heterocycles. The van der Waals surface area contributed by atoms with Gasteiger partial charge in [-0.25, -0.2) is 9.78 Å². The number of hydrogen-bond donors (Lipinski definition) is 2. The van der Waals surface area contributed by atoms with E-state index in [2.05, 4.69) is 15.3 Å². The molecule has 2 aromatic carbocycles. The van der Waals surface area contributed by atoms with Crippen LogP contribution in [0.15, 0.2) is 57.1 Å².